The predicted octanol–water partition coefficient (Wildman–Crippen LogP) is 3.91. The van der Waals surface area contributed by atoms with E-state index in [1.807, 2.05) is 4.90 Å². The van der Waals surface area contributed by atoms with E-state index in [4.69, 9.17) is 4.74 Å². The molecule has 41 heavy (non-hydrogen) atoms. The third-order valence-corrected chi connectivity index (χ3v) is 7.94. The molecular formula is C27H23F3N6O4S. The summed E-state index contributed by atoms with van der Waals surface area (Å²) in [5, 5.41) is 0.672. The first kappa shape index (κ1) is 27.8. The summed E-state index contributed by atoms with van der Waals surface area (Å²) < 4.78 is 75.0. The summed E-state index contributed by atoms with van der Waals surface area (Å²) in [5.74, 6) is -3.76. The number of anilines is 2. The summed E-state index contributed by atoms with van der Waals surface area (Å²) in [4.78, 5) is 27.1. The second-order valence-corrected chi connectivity index (χ2v) is 10.7. The second kappa shape index (κ2) is 11.0. The predicted molar refractivity (Wildman–Crippen MR) is 146 cm³/mol. The number of fused-ring (bicyclic) bond motifs is 1. The van der Waals surface area contributed by atoms with Crippen LogP contribution in [0.25, 0.3) is 22.0 Å². The van der Waals surface area contributed by atoms with Gasteiger partial charge in [0, 0.05) is 43.3 Å². The molecule has 1 N–H and O–H groups in total. The van der Waals surface area contributed by atoms with Crippen LogP contribution in [0.1, 0.15) is 0 Å². The molecule has 5 rings (SSSR count). The topological polar surface area (TPSA) is 118 Å². The first-order chi connectivity index (χ1) is 19.6. The zero-order chi connectivity index (χ0) is 29.3. The number of aromatic nitrogens is 3. The van der Waals surface area contributed by atoms with Gasteiger partial charge in [-0.3, -0.25) is 9.52 Å². The van der Waals surface area contributed by atoms with Crippen LogP contribution in [0.4, 0.5) is 24.7 Å². The fourth-order valence-corrected chi connectivity index (χ4v) is 5.74. The van der Waals surface area contributed by atoms with Crippen LogP contribution in [0.3, 0.4) is 0 Å². The summed E-state index contributed by atoms with van der Waals surface area (Å²) in [6, 6.07) is 9.48. The Balaban J connectivity index is 1.48. The number of sulfonamides is 1. The Bertz CT molecular complexity index is 1760. The van der Waals surface area contributed by atoms with Crippen LogP contribution in [0.5, 0.6) is 5.88 Å². The summed E-state index contributed by atoms with van der Waals surface area (Å²) in [5.41, 5.74) is 1.58. The molecule has 1 fully saturated rings. The van der Waals surface area contributed by atoms with Crippen LogP contribution in [0.15, 0.2) is 72.3 Å². The number of hydrogen-bond acceptors (Lipinski definition) is 8. The van der Waals surface area contributed by atoms with E-state index in [2.05, 4.69) is 26.3 Å². The van der Waals surface area contributed by atoms with Gasteiger partial charge in [0.2, 0.25) is 5.88 Å². The molecular weight excluding hydrogens is 561 g/mol. The van der Waals surface area contributed by atoms with Crippen molar-refractivity contribution in [2.45, 2.75) is 4.90 Å². The number of ether oxygens (including phenoxy) is 1. The van der Waals surface area contributed by atoms with Gasteiger partial charge in [-0.15, -0.1) is 0 Å². The lowest BCUT2D eigenvalue weighted by molar-refractivity contribution is -0.128. The molecule has 2 aromatic carbocycles. The average Bonchev–Trinajstić information content (AvgIpc) is 2.95. The van der Waals surface area contributed by atoms with Gasteiger partial charge in [0.25, 0.3) is 15.9 Å². The number of nitrogens with zero attached hydrogens (tertiary/aromatic N) is 5. The Kier molecular flexibility index (Phi) is 7.49. The van der Waals surface area contributed by atoms with E-state index in [-0.39, 0.29) is 24.7 Å². The van der Waals surface area contributed by atoms with Crippen molar-refractivity contribution in [1.82, 2.24) is 19.9 Å². The van der Waals surface area contributed by atoms with Crippen molar-refractivity contribution in [1.29, 1.82) is 0 Å². The minimum absolute atomic E-state index is 0.109. The van der Waals surface area contributed by atoms with E-state index in [1.54, 1.807) is 18.2 Å². The zero-order valence-electron chi connectivity index (χ0n) is 21.6. The lowest BCUT2D eigenvalue weighted by atomic mass is 10.0. The molecule has 0 unspecified atom stereocenters. The van der Waals surface area contributed by atoms with Gasteiger partial charge in [0.1, 0.15) is 29.5 Å². The fourth-order valence-electron chi connectivity index (χ4n) is 4.55. The molecule has 1 aliphatic rings. The Labute approximate surface area is 233 Å². The molecule has 4 aromatic rings. The van der Waals surface area contributed by atoms with E-state index in [0.29, 0.717) is 40.9 Å². The molecule has 2 aromatic heterocycles. The number of methoxy groups -OCH3 is 1. The molecule has 3 heterocycles. The van der Waals surface area contributed by atoms with Crippen LogP contribution in [-0.4, -0.2) is 67.5 Å². The average molecular weight is 585 g/mol. The van der Waals surface area contributed by atoms with E-state index in [1.165, 1.54) is 30.6 Å². The van der Waals surface area contributed by atoms with Crippen molar-refractivity contribution >= 4 is 38.3 Å². The summed E-state index contributed by atoms with van der Waals surface area (Å²) >= 11 is 0. The minimum atomic E-state index is -4.68. The van der Waals surface area contributed by atoms with Crippen molar-refractivity contribution in [2.24, 2.45) is 0 Å². The monoisotopic (exact) mass is 584 g/mol. The van der Waals surface area contributed by atoms with E-state index in [9.17, 15) is 26.4 Å². The number of halogens is 3. The van der Waals surface area contributed by atoms with Gasteiger partial charge in [-0.1, -0.05) is 18.7 Å². The number of nitrogens with one attached hydrogen (secondary N) is 1. The van der Waals surface area contributed by atoms with Crippen LogP contribution < -0.4 is 14.4 Å². The highest BCUT2D eigenvalue weighted by Crippen LogP contribution is 2.34. The number of carbonyl (C=O) groups excluding carboxylic acids is 1. The van der Waals surface area contributed by atoms with E-state index < -0.39 is 38.3 Å². The smallest absolute Gasteiger partial charge is 0.282 e. The number of benzene rings is 2. The third kappa shape index (κ3) is 5.50. The fraction of sp³-hybridized carbons (Fsp3) is 0.185. The maximum atomic E-state index is 14.2. The van der Waals surface area contributed by atoms with Crippen molar-refractivity contribution in [2.75, 3.05) is 42.9 Å². The molecule has 0 radical (unpaired) electrons. The number of pyridine rings is 1. The molecule has 0 bridgehead atoms. The number of piperazine rings is 1. The van der Waals surface area contributed by atoms with E-state index in [0.717, 1.165) is 18.2 Å². The van der Waals surface area contributed by atoms with Crippen LogP contribution in [0.2, 0.25) is 0 Å². The van der Waals surface area contributed by atoms with E-state index >= 15 is 0 Å². The highest BCUT2D eigenvalue weighted by Gasteiger charge is 2.27. The molecule has 1 amide bonds. The zero-order valence-corrected chi connectivity index (χ0v) is 22.5. The van der Waals surface area contributed by atoms with Crippen molar-refractivity contribution in [3.8, 4) is 17.0 Å². The number of rotatable bonds is 7. The molecule has 0 aliphatic carbocycles. The van der Waals surface area contributed by atoms with Crippen molar-refractivity contribution in [3.63, 3.8) is 0 Å². The van der Waals surface area contributed by atoms with Gasteiger partial charge in [-0.05, 0) is 35.9 Å². The summed E-state index contributed by atoms with van der Waals surface area (Å²) in [6.45, 7) is 4.43. The standard InChI is InChI=1S/C27H23F3N6O4S/c1-16(28)27(37)36-10-8-35(9-11-36)25-19-12-17(6-7-22(19)32-15-33-25)18-13-23(26(40-2)31-14-18)34-41(38,39)24-20(29)4-3-5-21(24)30/h3-7,12-15,34H,1,8-11H2,2H3. The van der Waals surface area contributed by atoms with Crippen LogP contribution in [0, 0.1) is 11.6 Å². The summed E-state index contributed by atoms with van der Waals surface area (Å²) in [6.07, 6.45) is 2.88. The Morgan fingerprint density at radius 1 is 1.00 bits per heavy atom. The SMILES string of the molecule is C=C(F)C(=O)N1CCN(c2ncnc3ccc(-c4cnc(OC)c(NS(=O)(=O)c5c(F)cccc5F)c4)cc23)CC1. The van der Waals surface area contributed by atoms with Gasteiger partial charge in [0.15, 0.2) is 10.7 Å². The number of carbonyl (C=O) groups is 1. The normalized spacial score (nSPS) is 13.8. The van der Waals surface area contributed by atoms with Gasteiger partial charge in [0.05, 0.1) is 12.6 Å². The first-order valence-corrected chi connectivity index (χ1v) is 13.7. The molecule has 212 valence electrons. The van der Waals surface area contributed by atoms with Crippen LogP contribution >= 0.6 is 0 Å². The minimum Gasteiger partial charge on any atom is -0.480 e. The van der Waals surface area contributed by atoms with Gasteiger partial charge in [-0.25, -0.2) is 36.5 Å². The van der Waals surface area contributed by atoms with Gasteiger partial charge in [-0.2, -0.15) is 0 Å². The highest BCUT2D eigenvalue weighted by atomic mass is 32.2. The quantitative estimate of drug-likeness (QED) is 0.325. The highest BCUT2D eigenvalue weighted by molar-refractivity contribution is 7.92. The molecule has 1 aliphatic heterocycles. The summed E-state index contributed by atoms with van der Waals surface area (Å²) in [7, 11) is -3.40. The van der Waals surface area contributed by atoms with Crippen molar-refractivity contribution in [3.05, 3.63) is 79.0 Å². The number of amides is 1. The molecule has 14 heteroatoms. The molecule has 1 saturated heterocycles. The van der Waals surface area contributed by atoms with Crippen molar-refractivity contribution < 1.29 is 31.1 Å². The van der Waals surface area contributed by atoms with Gasteiger partial charge >= 0.3 is 0 Å². The Morgan fingerprint density at radius 3 is 2.37 bits per heavy atom. The largest absolute Gasteiger partial charge is 0.480 e. The first-order valence-electron chi connectivity index (χ1n) is 12.2. The van der Waals surface area contributed by atoms with Gasteiger partial charge < -0.3 is 14.5 Å². The Morgan fingerprint density at radius 2 is 1.71 bits per heavy atom. The molecule has 0 spiro atoms. The molecule has 10 nitrogen and oxygen atoms in total. The Hall–Kier alpha value is -4.72. The number of hydrogen-bond donors (Lipinski definition) is 1. The third-order valence-electron chi connectivity index (χ3n) is 6.52. The van der Waals surface area contributed by atoms with Crippen LogP contribution in [-0.2, 0) is 14.8 Å². The second-order valence-electron chi connectivity index (χ2n) is 9.05. The lowest BCUT2D eigenvalue weighted by Crippen LogP contribution is -2.49. The lowest BCUT2D eigenvalue weighted by Gasteiger charge is -2.35. The maximum Gasteiger partial charge on any atom is 0.282 e. The molecule has 0 saturated carbocycles. The molecule has 0 atom stereocenters. The maximum absolute atomic E-state index is 14.2.